The second-order valence-corrected chi connectivity index (χ2v) is 5.91. The van der Waals surface area contributed by atoms with Gasteiger partial charge in [-0.05, 0) is 38.8 Å². The molecular formula is C19H27NO5. The highest BCUT2D eigenvalue weighted by Gasteiger charge is 2.29. The second-order valence-electron chi connectivity index (χ2n) is 5.91. The largest absolute Gasteiger partial charge is 0.490 e. The van der Waals surface area contributed by atoms with Crippen LogP contribution in [-0.2, 0) is 14.3 Å². The maximum Gasteiger partial charge on any atom is 0.310 e. The number of esters is 1. The van der Waals surface area contributed by atoms with Crippen LogP contribution in [0.25, 0.3) is 0 Å². The lowest BCUT2D eigenvalue weighted by Crippen LogP contribution is -2.43. The fourth-order valence-electron chi connectivity index (χ4n) is 2.91. The van der Waals surface area contributed by atoms with Crippen molar-refractivity contribution >= 4 is 11.9 Å². The van der Waals surface area contributed by atoms with Crippen molar-refractivity contribution in [1.29, 1.82) is 0 Å². The Morgan fingerprint density at radius 2 is 1.84 bits per heavy atom. The lowest BCUT2D eigenvalue weighted by atomic mass is 9.98. The van der Waals surface area contributed by atoms with Gasteiger partial charge in [0.25, 0.3) is 0 Å². The van der Waals surface area contributed by atoms with Crippen molar-refractivity contribution in [3.05, 3.63) is 24.3 Å². The lowest BCUT2D eigenvalue weighted by molar-refractivity contribution is -0.151. The summed E-state index contributed by atoms with van der Waals surface area (Å²) in [5.74, 6) is 0.903. The fraction of sp³-hybridized carbons (Fsp3) is 0.579. The Hall–Kier alpha value is -2.24. The minimum absolute atomic E-state index is 0.00268. The third-order valence-corrected chi connectivity index (χ3v) is 4.12. The zero-order chi connectivity index (χ0) is 18.1. The second kappa shape index (κ2) is 9.91. The average molecular weight is 349 g/mol. The van der Waals surface area contributed by atoms with E-state index in [2.05, 4.69) is 0 Å². The summed E-state index contributed by atoms with van der Waals surface area (Å²) in [6.45, 7) is 6.04. The number of likely N-dealkylation sites (tertiary alicyclic amines) is 1. The number of carbonyl (C=O) groups excluding carboxylic acids is 2. The van der Waals surface area contributed by atoms with Crippen LogP contribution in [0.5, 0.6) is 11.5 Å². The zero-order valence-corrected chi connectivity index (χ0v) is 15.0. The van der Waals surface area contributed by atoms with Crippen molar-refractivity contribution in [2.75, 3.05) is 32.9 Å². The molecule has 0 spiro atoms. The number of nitrogens with zero attached hydrogens (tertiary/aromatic N) is 1. The van der Waals surface area contributed by atoms with E-state index in [1.807, 2.05) is 31.2 Å². The molecule has 25 heavy (non-hydrogen) atoms. The van der Waals surface area contributed by atoms with Gasteiger partial charge in [0.1, 0.15) is 0 Å². The van der Waals surface area contributed by atoms with E-state index in [4.69, 9.17) is 14.2 Å². The van der Waals surface area contributed by atoms with Gasteiger partial charge in [-0.1, -0.05) is 12.1 Å². The van der Waals surface area contributed by atoms with Gasteiger partial charge in [-0.2, -0.15) is 0 Å². The molecule has 0 unspecified atom stereocenters. The molecule has 1 saturated heterocycles. The van der Waals surface area contributed by atoms with Crippen molar-refractivity contribution in [1.82, 2.24) is 4.90 Å². The van der Waals surface area contributed by atoms with Gasteiger partial charge in [-0.15, -0.1) is 0 Å². The summed E-state index contributed by atoms with van der Waals surface area (Å²) in [6, 6.07) is 7.42. The number of rotatable bonds is 8. The highest BCUT2D eigenvalue weighted by atomic mass is 16.5. The molecular weight excluding hydrogens is 322 g/mol. The number of piperidine rings is 1. The maximum atomic E-state index is 12.4. The molecule has 1 aromatic carbocycles. The topological polar surface area (TPSA) is 65.1 Å². The van der Waals surface area contributed by atoms with E-state index in [1.54, 1.807) is 11.8 Å². The van der Waals surface area contributed by atoms with Gasteiger partial charge in [0.05, 0.1) is 32.2 Å². The Morgan fingerprint density at radius 3 is 2.52 bits per heavy atom. The molecule has 1 heterocycles. The number of hydrogen-bond donors (Lipinski definition) is 0. The normalized spacial score (nSPS) is 17.0. The first kappa shape index (κ1) is 19.1. The van der Waals surface area contributed by atoms with Gasteiger partial charge >= 0.3 is 5.97 Å². The molecule has 6 nitrogen and oxygen atoms in total. The van der Waals surface area contributed by atoms with Crippen LogP contribution in [0.3, 0.4) is 0 Å². The highest BCUT2D eigenvalue weighted by molar-refractivity contribution is 5.78. The summed E-state index contributed by atoms with van der Waals surface area (Å²) >= 11 is 0. The van der Waals surface area contributed by atoms with Crippen LogP contribution in [0.1, 0.15) is 33.1 Å². The van der Waals surface area contributed by atoms with Crippen LogP contribution < -0.4 is 9.47 Å². The molecule has 1 fully saturated rings. The number of benzene rings is 1. The summed E-state index contributed by atoms with van der Waals surface area (Å²) in [5, 5.41) is 0. The molecule has 138 valence electrons. The predicted molar refractivity (Wildman–Crippen MR) is 93.7 cm³/mol. The molecule has 6 heteroatoms. The molecule has 0 aliphatic carbocycles. The number of hydrogen-bond acceptors (Lipinski definition) is 5. The molecule has 2 rings (SSSR count). The van der Waals surface area contributed by atoms with Crippen molar-refractivity contribution in [3.8, 4) is 11.5 Å². The smallest absolute Gasteiger partial charge is 0.310 e. The van der Waals surface area contributed by atoms with E-state index in [0.29, 0.717) is 37.8 Å². The molecule has 0 saturated carbocycles. The Labute approximate surface area is 149 Å². The van der Waals surface area contributed by atoms with Gasteiger partial charge in [0.2, 0.25) is 5.91 Å². The van der Waals surface area contributed by atoms with Gasteiger partial charge in [0, 0.05) is 13.1 Å². The Bertz CT molecular complexity index is 575. The monoisotopic (exact) mass is 349 g/mol. The lowest BCUT2D eigenvalue weighted by Gasteiger charge is -2.31. The van der Waals surface area contributed by atoms with Crippen molar-refractivity contribution in [2.45, 2.75) is 33.1 Å². The summed E-state index contributed by atoms with van der Waals surface area (Å²) < 4.78 is 16.3. The minimum atomic E-state index is -0.211. The maximum absolute atomic E-state index is 12.4. The van der Waals surface area contributed by atoms with Crippen LogP contribution in [-0.4, -0.2) is 49.7 Å². The van der Waals surface area contributed by atoms with Crippen LogP contribution in [0.2, 0.25) is 0 Å². The fourth-order valence-corrected chi connectivity index (χ4v) is 2.91. The number of carbonyl (C=O) groups is 2. The minimum Gasteiger partial charge on any atom is -0.490 e. The molecule has 1 amide bonds. The Kier molecular flexibility index (Phi) is 7.57. The van der Waals surface area contributed by atoms with Crippen LogP contribution >= 0.6 is 0 Å². The number of para-hydroxylation sites is 2. The summed E-state index contributed by atoms with van der Waals surface area (Å²) in [7, 11) is 0. The molecule has 1 aliphatic rings. The summed E-state index contributed by atoms with van der Waals surface area (Å²) in [5.41, 5.74) is 0. The van der Waals surface area contributed by atoms with Crippen LogP contribution in [0.4, 0.5) is 0 Å². The van der Waals surface area contributed by atoms with Gasteiger partial charge in [-0.25, -0.2) is 0 Å². The summed E-state index contributed by atoms with van der Waals surface area (Å²) in [6.07, 6.45) is 1.88. The van der Waals surface area contributed by atoms with Crippen molar-refractivity contribution < 1.29 is 23.8 Å². The first-order chi connectivity index (χ1) is 12.2. The number of amides is 1. The zero-order valence-electron chi connectivity index (χ0n) is 15.0. The molecule has 0 radical (unpaired) electrons. The average Bonchev–Trinajstić information content (AvgIpc) is 2.63. The van der Waals surface area contributed by atoms with Crippen molar-refractivity contribution in [2.24, 2.45) is 5.92 Å². The first-order valence-electron chi connectivity index (χ1n) is 8.94. The molecule has 1 atom stereocenters. The first-order valence-corrected chi connectivity index (χ1v) is 8.94. The van der Waals surface area contributed by atoms with E-state index in [-0.39, 0.29) is 30.8 Å². The molecule has 0 N–H and O–H groups in total. The predicted octanol–water partition coefficient (Wildman–Crippen LogP) is 2.66. The highest BCUT2D eigenvalue weighted by Crippen LogP contribution is 2.26. The third-order valence-electron chi connectivity index (χ3n) is 4.12. The SMILES string of the molecule is CCOC(=O)[C@H]1CCCN(C(=O)CCOc2ccccc2OCC)C1. The van der Waals surface area contributed by atoms with E-state index in [0.717, 1.165) is 12.8 Å². The quantitative estimate of drug-likeness (QED) is 0.675. The van der Waals surface area contributed by atoms with Gasteiger partial charge < -0.3 is 19.1 Å². The molecule has 0 bridgehead atoms. The standard InChI is InChI=1S/C19H27NO5/c1-3-23-16-9-5-6-10-17(16)25-13-11-18(21)20-12-7-8-15(14-20)19(22)24-4-2/h5-6,9-10,15H,3-4,7-8,11-14H2,1-2H3/t15-/m0/s1. The van der Waals surface area contributed by atoms with E-state index in [1.165, 1.54) is 0 Å². The van der Waals surface area contributed by atoms with Gasteiger partial charge in [-0.3, -0.25) is 9.59 Å². The molecule has 1 aromatic rings. The van der Waals surface area contributed by atoms with E-state index < -0.39 is 0 Å². The van der Waals surface area contributed by atoms with E-state index in [9.17, 15) is 9.59 Å². The third kappa shape index (κ3) is 5.66. The van der Waals surface area contributed by atoms with E-state index >= 15 is 0 Å². The number of ether oxygens (including phenoxy) is 3. The van der Waals surface area contributed by atoms with Gasteiger partial charge in [0.15, 0.2) is 11.5 Å². The van der Waals surface area contributed by atoms with Crippen LogP contribution in [0, 0.1) is 5.92 Å². The van der Waals surface area contributed by atoms with Crippen molar-refractivity contribution in [3.63, 3.8) is 0 Å². The van der Waals surface area contributed by atoms with Crippen LogP contribution in [0.15, 0.2) is 24.3 Å². The summed E-state index contributed by atoms with van der Waals surface area (Å²) in [4.78, 5) is 26.0. The molecule has 0 aromatic heterocycles. The Morgan fingerprint density at radius 1 is 1.12 bits per heavy atom. The molecule has 1 aliphatic heterocycles. The Balaban J connectivity index is 1.81.